The fourth-order valence-corrected chi connectivity index (χ4v) is 3.99. The summed E-state index contributed by atoms with van der Waals surface area (Å²) in [5.74, 6) is 1.86. The lowest BCUT2D eigenvalue weighted by atomic mass is 9.89. The topological polar surface area (TPSA) is 15.3 Å². The molecule has 0 aromatic rings. The maximum Gasteiger partial charge on any atom is 0.00671 e. The van der Waals surface area contributed by atoms with Gasteiger partial charge in [0.05, 0.1) is 0 Å². The number of hydrogen-bond donors (Lipinski definition) is 1. The third-order valence-corrected chi connectivity index (χ3v) is 5.49. The average molecular weight is 280 g/mol. The monoisotopic (exact) mass is 280 g/mol. The zero-order valence-electron chi connectivity index (χ0n) is 13.9. The van der Waals surface area contributed by atoms with Crippen LogP contribution in [0.25, 0.3) is 0 Å². The van der Waals surface area contributed by atoms with Crippen molar-refractivity contribution in [1.82, 2.24) is 10.2 Å². The molecule has 0 aromatic heterocycles. The van der Waals surface area contributed by atoms with Crippen LogP contribution in [-0.2, 0) is 0 Å². The third kappa shape index (κ3) is 5.73. The van der Waals surface area contributed by atoms with E-state index in [4.69, 9.17) is 0 Å². The lowest BCUT2D eigenvalue weighted by Crippen LogP contribution is -2.34. The highest BCUT2D eigenvalue weighted by atomic mass is 15.1. The van der Waals surface area contributed by atoms with Gasteiger partial charge in [0.1, 0.15) is 0 Å². The van der Waals surface area contributed by atoms with Crippen molar-refractivity contribution in [3.05, 3.63) is 0 Å². The van der Waals surface area contributed by atoms with E-state index in [1.54, 1.807) is 0 Å². The molecule has 2 fully saturated rings. The second-order valence-corrected chi connectivity index (χ2v) is 7.42. The van der Waals surface area contributed by atoms with Crippen LogP contribution in [0, 0.1) is 11.8 Å². The first-order valence-corrected chi connectivity index (χ1v) is 9.21. The van der Waals surface area contributed by atoms with E-state index in [2.05, 4.69) is 24.1 Å². The van der Waals surface area contributed by atoms with E-state index in [0.717, 1.165) is 17.9 Å². The predicted molar refractivity (Wildman–Crippen MR) is 88.1 cm³/mol. The average Bonchev–Trinajstić information content (AvgIpc) is 2.70. The molecule has 20 heavy (non-hydrogen) atoms. The first kappa shape index (κ1) is 16.3. The van der Waals surface area contributed by atoms with Crippen molar-refractivity contribution in [2.24, 2.45) is 11.8 Å². The smallest absolute Gasteiger partial charge is 0.00671 e. The Morgan fingerprint density at radius 2 is 1.75 bits per heavy atom. The second kappa shape index (κ2) is 9.04. The van der Waals surface area contributed by atoms with Gasteiger partial charge >= 0.3 is 0 Å². The van der Waals surface area contributed by atoms with E-state index >= 15 is 0 Å². The molecule has 2 rings (SSSR count). The Bertz CT molecular complexity index is 246. The van der Waals surface area contributed by atoms with Crippen molar-refractivity contribution in [2.75, 3.05) is 26.2 Å². The van der Waals surface area contributed by atoms with Crippen molar-refractivity contribution >= 4 is 0 Å². The Morgan fingerprint density at radius 3 is 2.50 bits per heavy atom. The minimum atomic E-state index is 0.806. The maximum atomic E-state index is 3.83. The lowest BCUT2D eigenvalue weighted by molar-refractivity contribution is 0.224. The van der Waals surface area contributed by atoms with Crippen LogP contribution in [0.3, 0.4) is 0 Å². The van der Waals surface area contributed by atoms with Gasteiger partial charge in [-0.05, 0) is 76.5 Å². The number of likely N-dealkylation sites (tertiary alicyclic amines) is 1. The second-order valence-electron chi connectivity index (χ2n) is 7.42. The molecule has 118 valence electrons. The van der Waals surface area contributed by atoms with E-state index in [9.17, 15) is 0 Å². The number of nitrogens with one attached hydrogen (secondary N) is 1. The van der Waals surface area contributed by atoms with E-state index in [1.807, 2.05) is 0 Å². The molecule has 2 atom stereocenters. The highest BCUT2D eigenvalue weighted by Gasteiger charge is 2.20. The quantitative estimate of drug-likeness (QED) is 0.583. The molecule has 0 aromatic carbocycles. The first-order chi connectivity index (χ1) is 9.75. The maximum absolute atomic E-state index is 3.83. The number of piperidine rings is 1. The molecule has 2 heteroatoms. The van der Waals surface area contributed by atoms with Gasteiger partial charge in [-0.1, -0.05) is 33.1 Å². The van der Waals surface area contributed by atoms with E-state index < -0.39 is 0 Å². The molecule has 1 heterocycles. The van der Waals surface area contributed by atoms with Crippen LogP contribution in [0.15, 0.2) is 0 Å². The minimum absolute atomic E-state index is 0.806. The zero-order chi connectivity index (χ0) is 14.2. The van der Waals surface area contributed by atoms with E-state index in [1.165, 1.54) is 84.0 Å². The lowest BCUT2D eigenvalue weighted by Gasteiger charge is -2.26. The molecule has 2 unspecified atom stereocenters. The number of rotatable bonds is 6. The predicted octanol–water partition coefficient (Wildman–Crippen LogP) is 4.06. The van der Waals surface area contributed by atoms with E-state index in [0.29, 0.717) is 0 Å². The van der Waals surface area contributed by atoms with Gasteiger partial charge in [0.25, 0.3) is 0 Å². The molecule has 0 amide bonds. The van der Waals surface area contributed by atoms with Gasteiger partial charge in [0.15, 0.2) is 0 Å². The SMILES string of the molecule is CC(C)C1CCCC(NCCCN2CCCCC2)CC1. The van der Waals surface area contributed by atoms with Gasteiger partial charge in [-0.25, -0.2) is 0 Å². The molecule has 0 bridgehead atoms. The molecular formula is C18H36N2. The van der Waals surface area contributed by atoms with Crippen LogP contribution in [-0.4, -0.2) is 37.1 Å². The molecule has 2 aliphatic rings. The van der Waals surface area contributed by atoms with Gasteiger partial charge in [0.2, 0.25) is 0 Å². The fraction of sp³-hybridized carbons (Fsp3) is 1.00. The molecular weight excluding hydrogens is 244 g/mol. The molecule has 0 spiro atoms. The van der Waals surface area contributed by atoms with Crippen molar-refractivity contribution in [3.63, 3.8) is 0 Å². The Hall–Kier alpha value is -0.0800. The van der Waals surface area contributed by atoms with Crippen LogP contribution < -0.4 is 5.32 Å². The molecule has 0 radical (unpaired) electrons. The molecule has 1 N–H and O–H groups in total. The van der Waals surface area contributed by atoms with Crippen LogP contribution >= 0.6 is 0 Å². The largest absolute Gasteiger partial charge is 0.314 e. The van der Waals surface area contributed by atoms with Gasteiger partial charge < -0.3 is 10.2 Å². The summed E-state index contributed by atoms with van der Waals surface area (Å²) >= 11 is 0. The number of hydrogen-bond acceptors (Lipinski definition) is 2. The van der Waals surface area contributed by atoms with Crippen molar-refractivity contribution in [1.29, 1.82) is 0 Å². The molecule has 2 nitrogen and oxygen atoms in total. The molecule has 1 saturated carbocycles. The minimum Gasteiger partial charge on any atom is -0.314 e. The fourth-order valence-electron chi connectivity index (χ4n) is 3.99. The summed E-state index contributed by atoms with van der Waals surface area (Å²) in [5, 5.41) is 3.83. The van der Waals surface area contributed by atoms with Crippen molar-refractivity contribution < 1.29 is 0 Å². The third-order valence-electron chi connectivity index (χ3n) is 5.49. The highest BCUT2D eigenvalue weighted by molar-refractivity contribution is 4.76. The van der Waals surface area contributed by atoms with Crippen LogP contribution in [0.5, 0.6) is 0 Å². The molecule has 1 aliphatic carbocycles. The Labute approximate surface area is 126 Å². The Kier molecular flexibility index (Phi) is 7.37. The van der Waals surface area contributed by atoms with Crippen molar-refractivity contribution in [3.8, 4) is 0 Å². The summed E-state index contributed by atoms with van der Waals surface area (Å²) in [5.41, 5.74) is 0. The van der Waals surface area contributed by atoms with Crippen molar-refractivity contribution in [2.45, 2.75) is 77.7 Å². The summed E-state index contributed by atoms with van der Waals surface area (Å²) in [6, 6.07) is 0.806. The summed E-state index contributed by atoms with van der Waals surface area (Å²) < 4.78 is 0. The van der Waals surface area contributed by atoms with Gasteiger partial charge in [-0.3, -0.25) is 0 Å². The van der Waals surface area contributed by atoms with Crippen LogP contribution in [0.2, 0.25) is 0 Å². The van der Waals surface area contributed by atoms with Crippen LogP contribution in [0.4, 0.5) is 0 Å². The van der Waals surface area contributed by atoms with Gasteiger partial charge in [-0.2, -0.15) is 0 Å². The highest BCUT2D eigenvalue weighted by Crippen LogP contribution is 2.28. The van der Waals surface area contributed by atoms with Gasteiger partial charge in [0, 0.05) is 6.04 Å². The Morgan fingerprint density at radius 1 is 0.950 bits per heavy atom. The standard InChI is InChI=1S/C18H36N2/c1-16(2)17-8-6-9-18(11-10-17)19-12-7-15-20-13-4-3-5-14-20/h16-19H,3-15H2,1-2H3. The normalized spacial score (nSPS) is 29.6. The summed E-state index contributed by atoms with van der Waals surface area (Å²) in [4.78, 5) is 2.66. The number of nitrogens with zero attached hydrogens (tertiary/aromatic N) is 1. The van der Waals surface area contributed by atoms with Gasteiger partial charge in [-0.15, -0.1) is 0 Å². The zero-order valence-corrected chi connectivity index (χ0v) is 13.9. The summed E-state index contributed by atoms with van der Waals surface area (Å²) in [6.07, 6.45) is 12.8. The van der Waals surface area contributed by atoms with E-state index in [-0.39, 0.29) is 0 Å². The summed E-state index contributed by atoms with van der Waals surface area (Å²) in [6.45, 7) is 10.0. The molecule has 1 aliphatic heterocycles. The van der Waals surface area contributed by atoms with Crippen LogP contribution in [0.1, 0.15) is 71.6 Å². The Balaban J connectivity index is 1.55. The summed E-state index contributed by atoms with van der Waals surface area (Å²) in [7, 11) is 0. The first-order valence-electron chi connectivity index (χ1n) is 9.21. The molecule has 1 saturated heterocycles.